The molecular formula is C116H202N14. The summed E-state index contributed by atoms with van der Waals surface area (Å²) >= 11 is 0. The van der Waals surface area contributed by atoms with Crippen molar-refractivity contribution in [1.82, 2.24) is 69.8 Å². The van der Waals surface area contributed by atoms with Crippen LogP contribution in [0.3, 0.4) is 0 Å². The maximum atomic E-state index is 4.38. The summed E-state index contributed by atoms with van der Waals surface area (Å²) < 4.78 is 9.66. The van der Waals surface area contributed by atoms with Crippen LogP contribution in [-0.2, 0) is 64.8 Å². The Balaban J connectivity index is 0. The second-order valence-electron chi connectivity index (χ2n) is 52.1. The number of rotatable bonds is 33. The molecular weight excluding hydrogens is 1590 g/mol. The highest BCUT2D eigenvalue weighted by molar-refractivity contribution is 5.13. The molecule has 0 unspecified atom stereocenters. The van der Waals surface area contributed by atoms with E-state index in [9.17, 15) is 0 Å². The Labute approximate surface area is 805 Å². The van der Waals surface area contributed by atoms with Crippen molar-refractivity contribution in [3.05, 3.63) is 65.5 Å². The molecule has 130 heavy (non-hydrogen) atoms. The fraction of sp³-hybridized carbons (Fsp3) is 0.784. The molecule has 0 N–H and O–H groups in total. The van der Waals surface area contributed by atoms with Crippen LogP contribution >= 0.6 is 0 Å². The van der Waals surface area contributed by atoms with E-state index < -0.39 is 0 Å². The van der Waals surface area contributed by atoms with Gasteiger partial charge in [-0.15, -0.1) is 55.9 Å². The molecule has 0 amide bonds. The summed E-state index contributed by atoms with van der Waals surface area (Å²) in [5.41, 5.74) is 8.85. The molecule has 0 aromatic carbocycles. The first kappa shape index (κ1) is 125. The molecule has 5 aromatic rings. The zero-order chi connectivity index (χ0) is 100. The van der Waals surface area contributed by atoms with Gasteiger partial charge in [-0.1, -0.05) is 278 Å². The second kappa shape index (κ2) is 60.8. The zero-order valence-electron chi connectivity index (χ0n) is 93.0. The van der Waals surface area contributed by atoms with Crippen LogP contribution in [0.4, 0.5) is 0 Å². The van der Waals surface area contributed by atoms with E-state index in [1.54, 1.807) is 4.68 Å². The van der Waals surface area contributed by atoms with E-state index in [2.05, 4.69) is 445 Å². The summed E-state index contributed by atoms with van der Waals surface area (Å²) in [5, 5.41) is 37.9. The van der Waals surface area contributed by atoms with Crippen molar-refractivity contribution in [1.29, 1.82) is 0 Å². The van der Waals surface area contributed by atoms with Crippen molar-refractivity contribution in [3.8, 4) is 82.9 Å². The quantitative estimate of drug-likeness (QED) is 0.0296. The van der Waals surface area contributed by atoms with E-state index in [-0.39, 0.29) is 59.6 Å². The van der Waals surface area contributed by atoms with Gasteiger partial charge in [-0.05, 0) is 279 Å². The molecule has 736 valence electrons. The van der Waals surface area contributed by atoms with Gasteiger partial charge in [-0.3, -0.25) is 18.7 Å². The normalized spacial score (nSPS) is 12.1. The highest BCUT2D eigenvalue weighted by Crippen LogP contribution is 2.28. The van der Waals surface area contributed by atoms with Crippen molar-refractivity contribution >= 4 is 0 Å². The molecule has 5 heterocycles. The first-order valence-electron chi connectivity index (χ1n) is 50.3. The van der Waals surface area contributed by atoms with Crippen LogP contribution in [0.1, 0.15) is 480 Å². The fourth-order valence-electron chi connectivity index (χ4n) is 12.5. The van der Waals surface area contributed by atoms with E-state index in [0.717, 1.165) is 145 Å². The molecule has 0 atom stereocenters. The average molecular weight is 1790 g/mol. The number of nitrogens with zero attached hydrogens (tertiary/aromatic N) is 14. The number of aromatic nitrogens is 14. The number of aryl methyl sites for hydroxylation is 4. The Morgan fingerprint density at radius 3 is 0.731 bits per heavy atom. The molecule has 0 aliphatic carbocycles. The predicted molar refractivity (Wildman–Crippen MR) is 563 cm³/mol. The van der Waals surface area contributed by atoms with E-state index in [0.29, 0.717) is 22.8 Å². The summed E-state index contributed by atoms with van der Waals surface area (Å²) in [5.74, 6) is 45.5. The second-order valence-corrected chi connectivity index (χ2v) is 52.1. The molecule has 0 saturated heterocycles. The third-order valence-corrected chi connectivity index (χ3v) is 18.1. The van der Waals surface area contributed by atoms with Gasteiger partial charge in [0.1, 0.15) is 6.54 Å². The molecule has 5 aromatic heterocycles. The molecule has 0 bridgehead atoms. The van der Waals surface area contributed by atoms with Crippen LogP contribution in [0.25, 0.3) is 0 Å². The monoisotopic (exact) mass is 1790 g/mol. The van der Waals surface area contributed by atoms with Crippen molar-refractivity contribution in [2.24, 2.45) is 75.8 Å². The molecule has 0 aliphatic rings. The van der Waals surface area contributed by atoms with Crippen LogP contribution in [0, 0.1) is 159 Å². The SMILES string of the molecule is CC(C)(C)C#CCCCCCCCC(C)(C)C.CC(C)(C)C#CCCCCCCCCC(C)(C)C.CC(C)(C)C#CCCCCCn1cc(CC(C)(C)C)nn1.CC(C)(C)C#CCCCCn1cc(CC(C)(C)C)nn1.CC(C)(C)C#CCCCn1cc(CC(C)(C)C)nn1.CC(C)(C)C#CCCn1cc(CC(C)(C)C)cn1.CC(C)(C)C#CCn1cc(CC(C)(C)C)nn1. The lowest BCUT2D eigenvalue weighted by atomic mass is 9.89. The first-order valence-corrected chi connectivity index (χ1v) is 50.3. The smallest absolute Gasteiger partial charge is 0.103 e. The Bertz CT molecular complexity index is 4270. The fourth-order valence-corrected chi connectivity index (χ4v) is 12.5. The number of unbranched alkanes of at least 4 members (excludes halogenated alkanes) is 17. The van der Waals surface area contributed by atoms with Gasteiger partial charge in [0, 0.05) is 127 Å². The van der Waals surface area contributed by atoms with Gasteiger partial charge in [0.2, 0.25) is 0 Å². The van der Waals surface area contributed by atoms with E-state index in [1.165, 1.54) is 102 Å². The Kier molecular flexibility index (Phi) is 58.4. The van der Waals surface area contributed by atoms with E-state index in [1.807, 2.05) is 31.1 Å². The van der Waals surface area contributed by atoms with Crippen molar-refractivity contribution in [2.45, 2.75) is 516 Å². The Morgan fingerprint density at radius 1 is 0.208 bits per heavy atom. The molecule has 0 fully saturated rings. The first-order chi connectivity index (χ1) is 59.2. The van der Waals surface area contributed by atoms with Crippen molar-refractivity contribution < 1.29 is 0 Å². The minimum absolute atomic E-state index is 0.0504. The number of hydrogen-bond acceptors (Lipinski definition) is 9. The molecule has 0 saturated carbocycles. The van der Waals surface area contributed by atoms with Crippen LogP contribution in [0.15, 0.2) is 37.2 Å². The van der Waals surface area contributed by atoms with Gasteiger partial charge in [-0.2, -0.15) is 5.10 Å². The lowest BCUT2D eigenvalue weighted by Gasteiger charge is -2.17. The Hall–Kier alpha value is -7.31. The van der Waals surface area contributed by atoms with Crippen LogP contribution in [0.2, 0.25) is 0 Å². The predicted octanol–water partition coefficient (Wildman–Crippen LogP) is 31.1. The molecule has 5 rings (SSSR count). The minimum atomic E-state index is 0.0504. The largest absolute Gasteiger partial charge is 0.272 e. The minimum Gasteiger partial charge on any atom is -0.272 e. The van der Waals surface area contributed by atoms with E-state index in [4.69, 9.17) is 0 Å². The van der Waals surface area contributed by atoms with Gasteiger partial charge < -0.3 is 0 Å². The topological polar surface area (TPSA) is 141 Å². The van der Waals surface area contributed by atoms with Crippen molar-refractivity contribution in [2.75, 3.05) is 0 Å². The molecule has 0 radical (unpaired) electrons. The zero-order valence-corrected chi connectivity index (χ0v) is 93.0. The molecule has 14 heteroatoms. The van der Waals surface area contributed by atoms with Gasteiger partial charge in [0.25, 0.3) is 0 Å². The summed E-state index contributed by atoms with van der Waals surface area (Å²) in [7, 11) is 0. The third-order valence-electron chi connectivity index (χ3n) is 18.1. The van der Waals surface area contributed by atoms with Crippen LogP contribution in [-0.4, -0.2) is 69.8 Å². The maximum Gasteiger partial charge on any atom is 0.103 e. The van der Waals surface area contributed by atoms with Crippen molar-refractivity contribution in [3.63, 3.8) is 0 Å². The Morgan fingerprint density at radius 2 is 0.438 bits per heavy atom. The van der Waals surface area contributed by atoms with Gasteiger partial charge in [0.05, 0.1) is 35.5 Å². The number of hydrogen-bond donors (Lipinski definition) is 0. The van der Waals surface area contributed by atoms with Gasteiger partial charge >= 0.3 is 0 Å². The standard InChI is InChI=1S/C18H31N3.C18H34.C17H29N3.C17H32.C16H27N3.C16H26N2.C14H23N3/c1-17(2,3)12-10-8-7-9-11-13-21-15-16(19-20-21)14-18(4,5)6;1-17(2,3)15-13-11-9-7-8-10-12-14-16-18(4,5)6;1-16(2,3)11-9-7-8-10-12-20-14-15(18-19-20)13-17(4,5)6;1-16(2,3)14-12-10-8-7-9-11-13-15-17(4,5)6;1-15(2,3)10-8-7-9-11-19-13-14(17-18-19)12-16(4,5)6;1-15(2,3)9-7-8-10-18-13-14(12-17-18)11-16(4,5)6;1-13(2,3)8-7-9-17-11-12(15-16-17)10-14(4,5)6/h15H,7-9,11,13-14H2,1-6H3;7-13,15H2,1-6H3;14H,7-8,10,12-13H2,1-6H3;7-12,14H2,1-6H3;13H,7,9,11-12H2,1-6H3;12-13H,8,10-11H2,1-6H3;11H,9-10H2,1-6H3. The highest BCUT2D eigenvalue weighted by Gasteiger charge is 2.20. The highest BCUT2D eigenvalue weighted by atomic mass is 15.4. The molecule has 0 spiro atoms. The van der Waals surface area contributed by atoms with Gasteiger partial charge in [0.15, 0.2) is 0 Å². The van der Waals surface area contributed by atoms with Gasteiger partial charge in [-0.25, -0.2) is 4.68 Å². The maximum absolute atomic E-state index is 4.38. The van der Waals surface area contributed by atoms with Crippen LogP contribution < -0.4 is 0 Å². The molecule has 0 aliphatic heterocycles. The summed E-state index contributed by atoms with van der Waals surface area (Å²) in [4.78, 5) is 0. The summed E-state index contributed by atoms with van der Waals surface area (Å²) in [6.07, 6.45) is 47.7. The summed E-state index contributed by atoms with van der Waals surface area (Å²) in [6.45, 7) is 96.7. The van der Waals surface area contributed by atoms with E-state index >= 15 is 0 Å². The lowest BCUT2D eigenvalue weighted by Crippen LogP contribution is -2.09. The van der Waals surface area contributed by atoms with Crippen LogP contribution in [0.5, 0.6) is 0 Å². The summed E-state index contributed by atoms with van der Waals surface area (Å²) in [6, 6.07) is 0. The third kappa shape index (κ3) is 92.5. The lowest BCUT2D eigenvalue weighted by molar-refractivity contribution is 0.356. The average Bonchev–Trinajstić information content (AvgIpc) is 1.77. The molecule has 14 nitrogen and oxygen atoms in total.